The smallest absolute Gasteiger partial charge is 0.312 e. The maximum absolute atomic E-state index is 13.1. The van der Waals surface area contributed by atoms with E-state index in [0.29, 0.717) is 27.2 Å². The maximum atomic E-state index is 13.1. The summed E-state index contributed by atoms with van der Waals surface area (Å²) in [6.45, 7) is 1.74. The van der Waals surface area contributed by atoms with Crippen molar-refractivity contribution in [1.82, 2.24) is 4.90 Å². The zero-order valence-corrected chi connectivity index (χ0v) is 15.9. The van der Waals surface area contributed by atoms with Crippen LogP contribution >= 0.6 is 34.8 Å². The van der Waals surface area contributed by atoms with Crippen molar-refractivity contribution < 1.29 is 9.59 Å². The number of likely N-dealkylation sites (N-methyl/N-ethyl adjacent to an activating group) is 1. The van der Waals surface area contributed by atoms with Gasteiger partial charge < -0.3 is 4.90 Å². The molecule has 0 spiro atoms. The molecule has 4 nitrogen and oxygen atoms in total. The summed E-state index contributed by atoms with van der Waals surface area (Å²) in [5.74, 6) is -0.326. The molecule has 0 radical (unpaired) electrons. The van der Waals surface area contributed by atoms with Crippen molar-refractivity contribution in [3.63, 3.8) is 0 Å². The number of benzene rings is 2. The van der Waals surface area contributed by atoms with Crippen molar-refractivity contribution in [2.45, 2.75) is 18.9 Å². The second-order valence-corrected chi connectivity index (χ2v) is 7.50. The number of hydrogen-bond acceptors (Lipinski definition) is 2. The molecule has 0 aliphatic carbocycles. The molecular formula is C18H15Cl3N2O2. The molecule has 0 saturated carbocycles. The average Bonchev–Trinajstić information content (AvgIpc) is 2.70. The van der Waals surface area contributed by atoms with Crippen LogP contribution in [0.2, 0.25) is 15.1 Å². The van der Waals surface area contributed by atoms with Crippen molar-refractivity contribution in [3.05, 3.63) is 63.1 Å². The topological polar surface area (TPSA) is 40.6 Å². The lowest BCUT2D eigenvalue weighted by molar-refractivity contribution is -0.123. The van der Waals surface area contributed by atoms with Gasteiger partial charge in [0.2, 0.25) is 0 Å². The first-order valence-corrected chi connectivity index (χ1v) is 8.68. The van der Waals surface area contributed by atoms with Crippen LogP contribution in [-0.2, 0) is 11.2 Å². The normalized spacial score (nSPS) is 20.5. The third kappa shape index (κ3) is 3.22. The fraction of sp³-hybridized carbons (Fsp3) is 0.222. The van der Waals surface area contributed by atoms with Crippen molar-refractivity contribution in [3.8, 4) is 0 Å². The molecule has 1 heterocycles. The molecule has 1 saturated heterocycles. The highest BCUT2D eigenvalue weighted by Gasteiger charge is 2.53. The van der Waals surface area contributed by atoms with Gasteiger partial charge in [-0.3, -0.25) is 4.79 Å². The van der Waals surface area contributed by atoms with E-state index in [9.17, 15) is 9.59 Å². The van der Waals surface area contributed by atoms with E-state index in [1.165, 1.54) is 4.90 Å². The van der Waals surface area contributed by atoms with E-state index < -0.39 is 11.6 Å². The first kappa shape index (κ1) is 18.1. The third-order valence-electron chi connectivity index (χ3n) is 4.45. The Morgan fingerprint density at radius 3 is 2.04 bits per heavy atom. The number of rotatable bonds is 3. The Balaban J connectivity index is 1.98. The van der Waals surface area contributed by atoms with E-state index in [2.05, 4.69) is 0 Å². The zero-order valence-electron chi connectivity index (χ0n) is 13.6. The molecule has 25 heavy (non-hydrogen) atoms. The van der Waals surface area contributed by atoms with Crippen LogP contribution in [0, 0.1) is 0 Å². The van der Waals surface area contributed by atoms with Gasteiger partial charge in [-0.1, -0.05) is 46.9 Å². The molecule has 1 unspecified atom stereocenters. The lowest BCUT2D eigenvalue weighted by Crippen LogP contribution is -2.47. The quantitative estimate of drug-likeness (QED) is 0.680. The predicted octanol–water partition coefficient (Wildman–Crippen LogP) is 5.05. The Morgan fingerprint density at radius 2 is 1.48 bits per heavy atom. The number of halogens is 3. The summed E-state index contributed by atoms with van der Waals surface area (Å²) >= 11 is 17.9. The van der Waals surface area contributed by atoms with Crippen LogP contribution in [0.4, 0.5) is 10.5 Å². The minimum Gasteiger partial charge on any atom is -0.312 e. The molecule has 0 N–H and O–H groups in total. The Bertz CT molecular complexity index is 834. The highest BCUT2D eigenvalue weighted by Crippen LogP contribution is 2.35. The van der Waals surface area contributed by atoms with Gasteiger partial charge in [-0.2, -0.15) is 0 Å². The predicted molar refractivity (Wildman–Crippen MR) is 101 cm³/mol. The summed E-state index contributed by atoms with van der Waals surface area (Å²) in [5.41, 5.74) is 0.254. The molecule has 0 bridgehead atoms. The number of imide groups is 1. The van der Waals surface area contributed by atoms with Crippen molar-refractivity contribution in [2.75, 3.05) is 11.9 Å². The second kappa shape index (κ2) is 6.52. The molecule has 1 aliphatic heterocycles. The standard InChI is InChI=1S/C18H15Cl3N2O2/c1-18(10-11-3-5-12(19)6-4-11)16(24)23(17(25)22(18)2)15-8-13(20)7-14(21)9-15/h3-9H,10H2,1-2H3. The minimum absolute atomic E-state index is 0.326. The summed E-state index contributed by atoms with van der Waals surface area (Å²) in [6.07, 6.45) is 0.371. The summed E-state index contributed by atoms with van der Waals surface area (Å²) < 4.78 is 0. The Labute approximate surface area is 160 Å². The SMILES string of the molecule is CN1C(=O)N(c2cc(Cl)cc(Cl)c2)C(=O)C1(C)Cc1ccc(Cl)cc1. The van der Waals surface area contributed by atoms with Crippen LogP contribution in [0.15, 0.2) is 42.5 Å². The van der Waals surface area contributed by atoms with E-state index in [1.54, 1.807) is 44.3 Å². The molecule has 1 fully saturated rings. The molecule has 3 rings (SSSR count). The first-order chi connectivity index (χ1) is 11.7. The molecule has 0 aromatic heterocycles. The van der Waals surface area contributed by atoms with Crippen LogP contribution in [0.1, 0.15) is 12.5 Å². The second-order valence-electron chi connectivity index (χ2n) is 6.19. The minimum atomic E-state index is -1.01. The number of urea groups is 1. The molecule has 7 heteroatoms. The summed E-state index contributed by atoms with van der Waals surface area (Å²) in [7, 11) is 1.61. The van der Waals surface area contributed by atoms with Gasteiger partial charge >= 0.3 is 6.03 Å². The fourth-order valence-corrected chi connectivity index (χ4v) is 3.56. The molecular weight excluding hydrogens is 383 g/mol. The van der Waals surface area contributed by atoms with E-state index in [-0.39, 0.29) is 5.91 Å². The van der Waals surface area contributed by atoms with Gasteiger partial charge in [0.05, 0.1) is 5.69 Å². The largest absolute Gasteiger partial charge is 0.332 e. The molecule has 3 amide bonds. The van der Waals surface area contributed by atoms with Crippen LogP contribution in [-0.4, -0.2) is 29.4 Å². The van der Waals surface area contributed by atoms with Crippen molar-refractivity contribution >= 4 is 52.4 Å². The Morgan fingerprint density at radius 1 is 0.920 bits per heavy atom. The van der Waals surface area contributed by atoms with Crippen LogP contribution < -0.4 is 4.90 Å². The number of amides is 3. The lowest BCUT2D eigenvalue weighted by atomic mass is 9.91. The van der Waals surface area contributed by atoms with E-state index in [0.717, 1.165) is 10.5 Å². The zero-order chi connectivity index (χ0) is 18.4. The van der Waals surface area contributed by atoms with Gasteiger partial charge in [0.15, 0.2) is 0 Å². The van der Waals surface area contributed by atoms with Gasteiger partial charge in [0, 0.05) is 28.5 Å². The number of hydrogen-bond donors (Lipinski definition) is 0. The van der Waals surface area contributed by atoms with E-state index >= 15 is 0 Å². The number of carbonyl (C=O) groups excluding carboxylic acids is 2. The van der Waals surface area contributed by atoms with Gasteiger partial charge in [-0.05, 0) is 42.8 Å². The molecule has 130 valence electrons. The number of nitrogens with zero attached hydrogens (tertiary/aromatic N) is 2. The fourth-order valence-electron chi connectivity index (χ4n) is 2.92. The van der Waals surface area contributed by atoms with Crippen LogP contribution in [0.3, 0.4) is 0 Å². The first-order valence-electron chi connectivity index (χ1n) is 7.55. The monoisotopic (exact) mass is 396 g/mol. The van der Waals surface area contributed by atoms with E-state index in [1.807, 2.05) is 12.1 Å². The number of anilines is 1. The summed E-state index contributed by atoms with van der Waals surface area (Å²) in [4.78, 5) is 28.4. The van der Waals surface area contributed by atoms with Crippen molar-refractivity contribution in [1.29, 1.82) is 0 Å². The number of carbonyl (C=O) groups is 2. The summed E-state index contributed by atoms with van der Waals surface area (Å²) in [6, 6.07) is 11.4. The van der Waals surface area contributed by atoms with Gasteiger partial charge in [-0.25, -0.2) is 9.69 Å². The summed E-state index contributed by atoms with van der Waals surface area (Å²) in [5, 5.41) is 1.33. The van der Waals surface area contributed by atoms with Crippen molar-refractivity contribution in [2.24, 2.45) is 0 Å². The van der Waals surface area contributed by atoms with Gasteiger partial charge in [-0.15, -0.1) is 0 Å². The van der Waals surface area contributed by atoms with Crippen LogP contribution in [0.25, 0.3) is 0 Å². The molecule has 1 aliphatic rings. The van der Waals surface area contributed by atoms with Gasteiger partial charge in [0.1, 0.15) is 5.54 Å². The highest BCUT2D eigenvalue weighted by molar-refractivity contribution is 6.35. The maximum Gasteiger partial charge on any atom is 0.332 e. The highest BCUT2D eigenvalue weighted by atomic mass is 35.5. The van der Waals surface area contributed by atoms with Crippen LogP contribution in [0.5, 0.6) is 0 Å². The third-order valence-corrected chi connectivity index (χ3v) is 5.14. The Kier molecular flexibility index (Phi) is 4.71. The molecule has 2 aromatic rings. The van der Waals surface area contributed by atoms with E-state index in [4.69, 9.17) is 34.8 Å². The average molecular weight is 398 g/mol. The van der Waals surface area contributed by atoms with Gasteiger partial charge in [0.25, 0.3) is 5.91 Å². The molecule has 1 atom stereocenters. The Hall–Kier alpha value is -1.75. The lowest BCUT2D eigenvalue weighted by Gasteiger charge is -2.28. The molecule has 2 aromatic carbocycles.